The predicted molar refractivity (Wildman–Crippen MR) is 87.4 cm³/mol. The molecule has 1 fully saturated rings. The molecule has 1 heterocycles. The van der Waals surface area contributed by atoms with Crippen molar-refractivity contribution >= 4 is 50.6 Å². The van der Waals surface area contributed by atoms with Gasteiger partial charge in [0.25, 0.3) is 5.91 Å². The van der Waals surface area contributed by atoms with Crippen molar-refractivity contribution in [2.45, 2.75) is 12.8 Å². The molecule has 6 nitrogen and oxygen atoms in total. The molecule has 0 bridgehead atoms. The molecular formula is C14H15Cl2NO5S. The van der Waals surface area contributed by atoms with Crippen molar-refractivity contribution in [3.8, 4) is 0 Å². The molecule has 9 heteroatoms. The number of esters is 1. The number of benzene rings is 1. The lowest BCUT2D eigenvalue weighted by molar-refractivity contribution is -0.148. The fourth-order valence-electron chi connectivity index (χ4n) is 2.25. The highest BCUT2D eigenvalue weighted by Crippen LogP contribution is 2.25. The first-order valence-electron chi connectivity index (χ1n) is 6.86. The number of anilines is 1. The van der Waals surface area contributed by atoms with Crippen LogP contribution in [-0.2, 0) is 24.2 Å². The van der Waals surface area contributed by atoms with Gasteiger partial charge in [0.05, 0.1) is 22.2 Å². The van der Waals surface area contributed by atoms with Crippen molar-refractivity contribution in [3.05, 3.63) is 28.2 Å². The number of sulfone groups is 1. The molecule has 1 aliphatic heterocycles. The third-order valence-electron chi connectivity index (χ3n) is 3.35. The third kappa shape index (κ3) is 5.67. The van der Waals surface area contributed by atoms with Gasteiger partial charge in [-0.2, -0.15) is 0 Å². The minimum Gasteiger partial charge on any atom is -0.456 e. The predicted octanol–water partition coefficient (Wildman–Crippen LogP) is 2.30. The van der Waals surface area contributed by atoms with Crippen LogP contribution in [-0.4, -0.2) is 38.4 Å². The highest BCUT2D eigenvalue weighted by molar-refractivity contribution is 7.91. The number of hydrogen-bond donors (Lipinski definition) is 1. The highest BCUT2D eigenvalue weighted by Gasteiger charge is 2.30. The lowest BCUT2D eigenvalue weighted by Crippen LogP contribution is -2.22. The number of carbonyl (C=O) groups excluding carboxylic acids is 2. The van der Waals surface area contributed by atoms with Crippen LogP contribution in [0.25, 0.3) is 0 Å². The second-order valence-electron chi connectivity index (χ2n) is 5.31. The van der Waals surface area contributed by atoms with Crippen LogP contribution in [0.3, 0.4) is 0 Å². The van der Waals surface area contributed by atoms with E-state index in [4.69, 9.17) is 27.9 Å². The highest BCUT2D eigenvalue weighted by atomic mass is 35.5. The van der Waals surface area contributed by atoms with E-state index in [9.17, 15) is 18.0 Å². The van der Waals surface area contributed by atoms with E-state index in [1.807, 2.05) is 0 Å². The maximum atomic E-state index is 11.7. The summed E-state index contributed by atoms with van der Waals surface area (Å²) in [5, 5.41) is 3.20. The Hall–Kier alpha value is -1.31. The van der Waals surface area contributed by atoms with Crippen LogP contribution in [0.4, 0.5) is 5.69 Å². The van der Waals surface area contributed by atoms with Crippen LogP contribution in [0.5, 0.6) is 0 Å². The first-order valence-corrected chi connectivity index (χ1v) is 9.44. The van der Waals surface area contributed by atoms with Crippen molar-refractivity contribution in [1.82, 2.24) is 0 Å². The van der Waals surface area contributed by atoms with Crippen molar-refractivity contribution in [1.29, 1.82) is 0 Å². The fourth-order valence-corrected chi connectivity index (χ4v) is 4.45. The second-order valence-corrected chi connectivity index (χ2v) is 8.38. The summed E-state index contributed by atoms with van der Waals surface area (Å²) in [6, 6.07) is 4.59. The van der Waals surface area contributed by atoms with Gasteiger partial charge in [0.2, 0.25) is 0 Å². The summed E-state index contributed by atoms with van der Waals surface area (Å²) < 4.78 is 27.5. The molecule has 1 saturated heterocycles. The number of amides is 1. The fraction of sp³-hybridized carbons (Fsp3) is 0.429. The van der Waals surface area contributed by atoms with Crippen molar-refractivity contribution in [2.24, 2.45) is 5.92 Å². The van der Waals surface area contributed by atoms with Gasteiger partial charge in [0.15, 0.2) is 16.4 Å². The molecular weight excluding hydrogens is 365 g/mol. The number of nitrogens with one attached hydrogen (secondary N) is 1. The topological polar surface area (TPSA) is 89.5 Å². The van der Waals surface area contributed by atoms with Gasteiger partial charge in [-0.05, 0) is 30.5 Å². The Kier molecular flexibility index (Phi) is 5.89. The van der Waals surface area contributed by atoms with Crippen LogP contribution in [0, 0.1) is 5.92 Å². The molecule has 23 heavy (non-hydrogen) atoms. The molecule has 1 aromatic carbocycles. The van der Waals surface area contributed by atoms with E-state index in [-0.39, 0.29) is 23.8 Å². The van der Waals surface area contributed by atoms with Crippen LogP contribution in [0.1, 0.15) is 12.8 Å². The lowest BCUT2D eigenvalue weighted by Gasteiger charge is -2.10. The molecule has 1 amide bonds. The summed E-state index contributed by atoms with van der Waals surface area (Å²) in [4.78, 5) is 23.4. The molecule has 0 saturated carbocycles. The normalized spacial score (nSPS) is 19.3. The maximum Gasteiger partial charge on any atom is 0.306 e. The van der Waals surface area contributed by atoms with E-state index in [0.717, 1.165) is 0 Å². The number of rotatable bonds is 5. The average Bonchev–Trinajstić information content (AvgIpc) is 2.79. The summed E-state index contributed by atoms with van der Waals surface area (Å²) >= 11 is 11.7. The number of carbonyl (C=O) groups is 2. The second kappa shape index (κ2) is 7.51. The molecule has 126 valence electrons. The maximum absolute atomic E-state index is 11.7. The summed E-state index contributed by atoms with van der Waals surface area (Å²) in [6.07, 6.45) is 0.437. The Morgan fingerprint density at radius 1 is 1.30 bits per heavy atom. The first-order chi connectivity index (χ1) is 10.7. The molecule has 0 unspecified atom stereocenters. The molecule has 1 atom stereocenters. The zero-order valence-corrected chi connectivity index (χ0v) is 14.4. The largest absolute Gasteiger partial charge is 0.456 e. The minimum absolute atomic E-state index is 0.00752. The number of halogens is 2. The van der Waals surface area contributed by atoms with Crippen molar-refractivity contribution in [3.63, 3.8) is 0 Å². The van der Waals surface area contributed by atoms with E-state index in [1.54, 1.807) is 6.07 Å². The summed E-state index contributed by atoms with van der Waals surface area (Å²) in [7, 11) is -3.04. The lowest BCUT2D eigenvalue weighted by atomic mass is 10.1. The Balaban J connectivity index is 1.78. The van der Waals surface area contributed by atoms with Gasteiger partial charge in [-0.1, -0.05) is 23.2 Å². The van der Waals surface area contributed by atoms with Crippen LogP contribution >= 0.6 is 23.2 Å². The zero-order chi connectivity index (χ0) is 17.0. The Morgan fingerprint density at radius 3 is 2.70 bits per heavy atom. The minimum atomic E-state index is -3.04. The summed E-state index contributed by atoms with van der Waals surface area (Å²) in [6.45, 7) is -0.471. The molecule has 1 aromatic rings. The third-order valence-corrected chi connectivity index (χ3v) is 5.75. The molecule has 0 aromatic heterocycles. The van der Waals surface area contributed by atoms with Gasteiger partial charge in [-0.25, -0.2) is 8.42 Å². The van der Waals surface area contributed by atoms with Gasteiger partial charge < -0.3 is 10.1 Å². The van der Waals surface area contributed by atoms with Gasteiger partial charge in [-0.3, -0.25) is 9.59 Å². The van der Waals surface area contributed by atoms with E-state index in [2.05, 4.69) is 5.32 Å². The molecule has 0 spiro atoms. The molecule has 1 N–H and O–H groups in total. The van der Waals surface area contributed by atoms with Crippen LogP contribution in [0.2, 0.25) is 10.0 Å². The molecule has 0 radical (unpaired) electrons. The quantitative estimate of drug-likeness (QED) is 0.792. The van der Waals surface area contributed by atoms with E-state index in [0.29, 0.717) is 22.2 Å². The van der Waals surface area contributed by atoms with Gasteiger partial charge in [0.1, 0.15) is 0 Å². The Bertz CT molecular complexity index is 720. The van der Waals surface area contributed by atoms with Crippen molar-refractivity contribution in [2.75, 3.05) is 23.4 Å². The van der Waals surface area contributed by atoms with E-state index < -0.39 is 28.3 Å². The number of ether oxygens (including phenoxy) is 1. The Morgan fingerprint density at radius 2 is 2.04 bits per heavy atom. The van der Waals surface area contributed by atoms with Gasteiger partial charge in [-0.15, -0.1) is 0 Å². The van der Waals surface area contributed by atoms with Crippen LogP contribution in [0.15, 0.2) is 18.2 Å². The molecule has 1 aliphatic rings. The standard InChI is InChI=1S/C14H15Cl2NO5S/c15-10-1-2-11(16)12(6-10)17-13(18)7-22-14(19)5-9-3-4-23(20,21)8-9/h1-2,6,9H,3-5,7-8H2,(H,17,18)/t9-/m0/s1. The van der Waals surface area contributed by atoms with Gasteiger partial charge in [0, 0.05) is 11.4 Å². The Labute approximate surface area is 144 Å². The van der Waals surface area contributed by atoms with Crippen molar-refractivity contribution < 1.29 is 22.7 Å². The monoisotopic (exact) mass is 379 g/mol. The first kappa shape index (κ1) is 18.0. The van der Waals surface area contributed by atoms with Gasteiger partial charge >= 0.3 is 5.97 Å². The summed E-state index contributed by atoms with van der Waals surface area (Å²) in [5.41, 5.74) is 0.321. The van der Waals surface area contributed by atoms with Crippen LogP contribution < -0.4 is 5.32 Å². The smallest absolute Gasteiger partial charge is 0.306 e. The number of hydrogen-bond acceptors (Lipinski definition) is 5. The van der Waals surface area contributed by atoms with E-state index >= 15 is 0 Å². The average molecular weight is 380 g/mol. The molecule has 0 aliphatic carbocycles. The van der Waals surface area contributed by atoms with E-state index in [1.165, 1.54) is 12.1 Å². The molecule has 2 rings (SSSR count). The summed E-state index contributed by atoms with van der Waals surface area (Å²) in [5.74, 6) is -1.30. The SMILES string of the molecule is O=C(COC(=O)C[C@@H]1CCS(=O)(=O)C1)Nc1cc(Cl)ccc1Cl. The zero-order valence-electron chi connectivity index (χ0n) is 12.1.